The third kappa shape index (κ3) is 5.53. The molecule has 2 aliphatic heterocycles. The molecule has 1 aromatic carbocycles. The molecular formula is C29H34N4O2S2. The Morgan fingerprint density at radius 2 is 1.78 bits per heavy atom. The normalized spacial score (nSPS) is 21.1. The van der Waals surface area contributed by atoms with Crippen LogP contribution in [-0.2, 0) is 17.9 Å². The molecule has 3 heterocycles. The fourth-order valence-electron chi connectivity index (χ4n) is 5.40. The number of nitriles is 1. The van der Waals surface area contributed by atoms with Crippen molar-refractivity contribution < 1.29 is 4.79 Å². The molecule has 2 fully saturated rings. The fourth-order valence-corrected chi connectivity index (χ4v) is 6.63. The van der Waals surface area contributed by atoms with Gasteiger partial charge in [0.15, 0.2) is 0 Å². The topological polar surface area (TPSA) is 69.3 Å². The second kappa shape index (κ2) is 11.2. The molecule has 2 atom stereocenters. The van der Waals surface area contributed by atoms with Crippen molar-refractivity contribution in [3.63, 3.8) is 0 Å². The Labute approximate surface area is 229 Å². The minimum absolute atomic E-state index is 0.136. The van der Waals surface area contributed by atoms with Gasteiger partial charge in [-0.2, -0.15) is 5.26 Å². The van der Waals surface area contributed by atoms with E-state index in [1.54, 1.807) is 9.47 Å². The van der Waals surface area contributed by atoms with Crippen molar-refractivity contribution in [2.75, 3.05) is 18.0 Å². The number of carbonyl (C=O) groups excluding carboxylic acids is 1. The molecule has 8 heteroatoms. The Hall–Kier alpha value is -2.89. The van der Waals surface area contributed by atoms with Gasteiger partial charge in [0.05, 0.1) is 11.4 Å². The number of nitrogens with zero attached hydrogens (tertiary/aromatic N) is 4. The van der Waals surface area contributed by atoms with Gasteiger partial charge in [-0.3, -0.25) is 19.1 Å². The van der Waals surface area contributed by atoms with Crippen LogP contribution in [0, 0.1) is 37.0 Å². The molecule has 0 N–H and O–H groups in total. The minimum Gasteiger partial charge on any atom is -0.357 e. The molecule has 1 amide bonds. The third-order valence-corrected chi connectivity index (χ3v) is 8.45. The van der Waals surface area contributed by atoms with Crippen LogP contribution in [-0.4, -0.2) is 32.8 Å². The standard InChI is InChI=1S/C29H34N4O2S2/c1-6-11-32-26(31-15-19(3)12-20(4)16-31)23(21(5)24(14-30)27(32)34)13-25-28(35)33(29(36)37-25)17-22-9-7-18(2)8-10-22/h7-10,13,19-20H,6,11-12,15-17H2,1-5H3/b25-13-. The van der Waals surface area contributed by atoms with Gasteiger partial charge in [0.25, 0.3) is 11.5 Å². The summed E-state index contributed by atoms with van der Waals surface area (Å²) in [5, 5.41) is 9.88. The number of hydrogen-bond donors (Lipinski definition) is 0. The van der Waals surface area contributed by atoms with E-state index in [1.165, 1.54) is 11.8 Å². The zero-order chi connectivity index (χ0) is 26.9. The van der Waals surface area contributed by atoms with Crippen molar-refractivity contribution in [3.05, 3.63) is 67.3 Å². The first kappa shape index (κ1) is 27.2. The van der Waals surface area contributed by atoms with E-state index >= 15 is 0 Å². The van der Waals surface area contributed by atoms with E-state index in [9.17, 15) is 14.9 Å². The first-order valence-electron chi connectivity index (χ1n) is 12.9. The molecule has 2 aliphatic rings. The number of aryl methyl sites for hydroxylation is 1. The van der Waals surface area contributed by atoms with Crippen LogP contribution in [0.4, 0.5) is 5.82 Å². The predicted molar refractivity (Wildman–Crippen MR) is 155 cm³/mol. The molecule has 2 unspecified atom stereocenters. The molecule has 1 aromatic heterocycles. The van der Waals surface area contributed by atoms with Crippen molar-refractivity contribution in [2.45, 2.75) is 60.5 Å². The van der Waals surface area contributed by atoms with Crippen molar-refractivity contribution >= 4 is 46.1 Å². The maximum atomic E-state index is 13.5. The molecule has 6 nitrogen and oxygen atoms in total. The first-order chi connectivity index (χ1) is 17.6. The van der Waals surface area contributed by atoms with Crippen molar-refractivity contribution in [3.8, 4) is 6.07 Å². The van der Waals surface area contributed by atoms with Gasteiger partial charge in [0, 0.05) is 25.2 Å². The number of thioether (sulfide) groups is 1. The van der Waals surface area contributed by atoms with E-state index in [-0.39, 0.29) is 17.0 Å². The number of benzene rings is 1. The van der Waals surface area contributed by atoms with Crippen LogP contribution >= 0.6 is 24.0 Å². The Morgan fingerprint density at radius 1 is 1.14 bits per heavy atom. The quantitative estimate of drug-likeness (QED) is 0.353. The first-order valence-corrected chi connectivity index (χ1v) is 14.1. The van der Waals surface area contributed by atoms with Gasteiger partial charge < -0.3 is 4.90 Å². The summed E-state index contributed by atoms with van der Waals surface area (Å²) in [7, 11) is 0. The van der Waals surface area contributed by atoms with Crippen LogP contribution in [0.5, 0.6) is 0 Å². The predicted octanol–water partition coefficient (Wildman–Crippen LogP) is 5.63. The Balaban J connectivity index is 1.83. The van der Waals surface area contributed by atoms with Gasteiger partial charge in [-0.05, 0) is 55.7 Å². The number of hydrogen-bond acceptors (Lipinski definition) is 6. The van der Waals surface area contributed by atoms with E-state index in [4.69, 9.17) is 12.2 Å². The number of thiocarbonyl (C=S) groups is 1. The fraction of sp³-hybridized carbons (Fsp3) is 0.448. The smallest absolute Gasteiger partial charge is 0.270 e. The average Bonchev–Trinajstić information content (AvgIpc) is 3.10. The van der Waals surface area contributed by atoms with Gasteiger partial charge in [-0.15, -0.1) is 0 Å². The molecule has 0 aliphatic carbocycles. The van der Waals surface area contributed by atoms with Crippen LogP contribution in [0.3, 0.4) is 0 Å². The second-order valence-corrected chi connectivity index (χ2v) is 12.1. The number of anilines is 1. The number of pyridine rings is 1. The average molecular weight is 535 g/mol. The molecule has 2 aromatic rings. The van der Waals surface area contributed by atoms with Crippen molar-refractivity contribution in [1.82, 2.24) is 9.47 Å². The third-order valence-electron chi connectivity index (χ3n) is 7.07. The number of amides is 1. The summed E-state index contributed by atoms with van der Waals surface area (Å²) in [4.78, 5) is 31.4. The van der Waals surface area contributed by atoms with E-state index in [0.29, 0.717) is 39.7 Å². The molecule has 0 radical (unpaired) electrons. The lowest BCUT2D eigenvalue weighted by Crippen LogP contribution is -2.43. The van der Waals surface area contributed by atoms with Gasteiger partial charge in [0.2, 0.25) is 0 Å². The largest absolute Gasteiger partial charge is 0.357 e. The minimum atomic E-state index is -0.258. The zero-order valence-electron chi connectivity index (χ0n) is 22.2. The molecule has 194 valence electrons. The summed E-state index contributed by atoms with van der Waals surface area (Å²) in [6, 6.07) is 10.2. The maximum Gasteiger partial charge on any atom is 0.270 e. The summed E-state index contributed by atoms with van der Waals surface area (Å²) in [6.07, 6.45) is 3.75. The highest BCUT2D eigenvalue weighted by molar-refractivity contribution is 8.26. The highest BCUT2D eigenvalue weighted by Crippen LogP contribution is 2.38. The van der Waals surface area contributed by atoms with E-state index in [2.05, 4.69) is 24.8 Å². The van der Waals surface area contributed by atoms with Crippen molar-refractivity contribution in [1.29, 1.82) is 5.26 Å². The maximum absolute atomic E-state index is 13.5. The van der Waals surface area contributed by atoms with Crippen LogP contribution in [0.1, 0.15) is 61.4 Å². The summed E-state index contributed by atoms with van der Waals surface area (Å²) >= 11 is 6.88. The van der Waals surface area contributed by atoms with Gasteiger partial charge in [-0.25, -0.2) is 0 Å². The van der Waals surface area contributed by atoms with E-state index < -0.39 is 0 Å². The summed E-state index contributed by atoms with van der Waals surface area (Å²) in [5.41, 5.74) is 3.43. The molecule has 0 saturated carbocycles. The number of rotatable bonds is 6. The molecule has 0 bridgehead atoms. The van der Waals surface area contributed by atoms with E-state index in [0.717, 1.165) is 48.4 Å². The molecule has 4 rings (SSSR count). The zero-order valence-corrected chi connectivity index (χ0v) is 23.8. The van der Waals surface area contributed by atoms with Crippen LogP contribution in [0.15, 0.2) is 34.0 Å². The lowest BCUT2D eigenvalue weighted by Gasteiger charge is -2.39. The monoisotopic (exact) mass is 534 g/mol. The summed E-state index contributed by atoms with van der Waals surface area (Å²) in [5.74, 6) is 1.62. The number of aromatic nitrogens is 1. The number of carbonyl (C=O) groups is 1. The van der Waals surface area contributed by atoms with Gasteiger partial charge in [-0.1, -0.05) is 74.6 Å². The van der Waals surface area contributed by atoms with Gasteiger partial charge >= 0.3 is 0 Å². The van der Waals surface area contributed by atoms with Crippen LogP contribution in [0.2, 0.25) is 0 Å². The molecule has 2 saturated heterocycles. The van der Waals surface area contributed by atoms with E-state index in [1.807, 2.05) is 51.1 Å². The molecular weight excluding hydrogens is 500 g/mol. The van der Waals surface area contributed by atoms with Crippen LogP contribution in [0.25, 0.3) is 6.08 Å². The number of piperidine rings is 1. The second-order valence-electron chi connectivity index (χ2n) is 10.4. The Bertz CT molecular complexity index is 1340. The van der Waals surface area contributed by atoms with Gasteiger partial charge in [0.1, 0.15) is 21.8 Å². The van der Waals surface area contributed by atoms with Crippen molar-refractivity contribution in [2.24, 2.45) is 11.8 Å². The Morgan fingerprint density at radius 3 is 2.38 bits per heavy atom. The van der Waals surface area contributed by atoms with Crippen LogP contribution < -0.4 is 10.5 Å². The molecule has 37 heavy (non-hydrogen) atoms. The highest BCUT2D eigenvalue weighted by atomic mass is 32.2. The SMILES string of the molecule is CCCn1c(N2CC(C)CC(C)C2)c(/C=C2\SC(=S)N(Cc3ccc(C)cc3)C2=O)c(C)c(C#N)c1=O. The molecule has 0 spiro atoms. The lowest BCUT2D eigenvalue weighted by molar-refractivity contribution is -0.122. The highest BCUT2D eigenvalue weighted by Gasteiger charge is 2.34. The Kier molecular flexibility index (Phi) is 8.25. The summed E-state index contributed by atoms with van der Waals surface area (Å²) < 4.78 is 2.26. The lowest BCUT2D eigenvalue weighted by atomic mass is 9.91. The summed E-state index contributed by atoms with van der Waals surface area (Å²) in [6.45, 7) is 12.9.